The molecule has 2 N–H and O–H groups in total. The van der Waals surface area contributed by atoms with Gasteiger partial charge in [0, 0.05) is 35.0 Å². The number of carbonyl (C=O) groups excluding carboxylic acids is 2. The fourth-order valence-corrected chi connectivity index (χ4v) is 11.6. The van der Waals surface area contributed by atoms with E-state index in [1.165, 1.54) is 5.19 Å². The number of hydrogen-bond donors (Lipinski definition) is 2. The Morgan fingerprint density at radius 3 is 2.17 bits per heavy atom. The number of anilines is 3. The molecule has 2 aliphatic rings. The van der Waals surface area contributed by atoms with Gasteiger partial charge in [-0.15, -0.1) is 0 Å². The van der Waals surface area contributed by atoms with E-state index in [1.807, 2.05) is 60.7 Å². The minimum absolute atomic E-state index is 0.00175. The maximum absolute atomic E-state index is 14.9. The van der Waals surface area contributed by atoms with E-state index in [1.54, 1.807) is 43.4 Å². The first-order valence-corrected chi connectivity index (χ1v) is 18.7. The predicted octanol–water partition coefficient (Wildman–Crippen LogP) is 6.23. The third kappa shape index (κ3) is 5.18. The normalized spacial score (nSPS) is 22.2. The molecule has 2 amide bonds. The van der Waals surface area contributed by atoms with Gasteiger partial charge in [-0.2, -0.15) is 0 Å². The Hall–Kier alpha value is -4.44. The maximum Gasteiger partial charge on any atom is 0.268 e. The van der Waals surface area contributed by atoms with Gasteiger partial charge in [0.05, 0.1) is 34.1 Å². The Bertz CT molecular complexity index is 1730. The van der Waals surface area contributed by atoms with Gasteiger partial charge in [-0.3, -0.25) is 14.5 Å². The number of benzene rings is 4. The Kier molecular flexibility index (Phi) is 8.50. The monoisotopic (exact) mass is 636 g/mol. The molecule has 0 unspecified atom stereocenters. The smallest absolute Gasteiger partial charge is 0.268 e. The van der Waals surface area contributed by atoms with Crippen molar-refractivity contribution in [3.05, 3.63) is 108 Å². The molecule has 2 aliphatic heterocycles. The van der Waals surface area contributed by atoms with Crippen molar-refractivity contribution in [2.45, 2.75) is 43.7 Å². The van der Waals surface area contributed by atoms with Gasteiger partial charge in [-0.1, -0.05) is 55.5 Å². The first-order valence-electron chi connectivity index (χ1n) is 15.6. The second-order valence-corrected chi connectivity index (χ2v) is 17.2. The Morgan fingerprint density at radius 2 is 1.57 bits per heavy atom. The van der Waals surface area contributed by atoms with Crippen LogP contribution >= 0.6 is 0 Å². The minimum atomic E-state index is -2.33. The van der Waals surface area contributed by atoms with Crippen molar-refractivity contribution in [2.24, 2.45) is 5.92 Å². The number of carbonyl (C=O) groups is 2. The minimum Gasteiger partial charge on any atom is -0.497 e. The summed E-state index contributed by atoms with van der Waals surface area (Å²) in [4.78, 5) is 29.9. The number of nitrogens with one attached hydrogen (secondary N) is 1. The standard InChI is InChI=1S/C37H40N2O6Si/c1-24-34(46(4,5)30-18-16-29(44-3)17-19-30)33(21-22-40)45-37(24)31-23-26(38-35(41)25-11-14-28(43-2)15-12-25)13-20-32(31)39(36(37)42)27-9-7-6-8-10-27/h6-20,23-24,33-34,40H,21-22H2,1-5H3,(H,38,41)/t24-,33+,34-,37+/m0/s1. The lowest BCUT2D eigenvalue weighted by molar-refractivity contribution is -0.145. The van der Waals surface area contributed by atoms with E-state index < -0.39 is 13.7 Å². The van der Waals surface area contributed by atoms with Crippen LogP contribution in [-0.2, 0) is 15.1 Å². The molecule has 46 heavy (non-hydrogen) atoms. The largest absolute Gasteiger partial charge is 0.497 e. The Morgan fingerprint density at radius 1 is 0.935 bits per heavy atom. The van der Waals surface area contributed by atoms with E-state index in [-0.39, 0.29) is 36.0 Å². The highest BCUT2D eigenvalue weighted by Crippen LogP contribution is 2.61. The van der Waals surface area contributed by atoms with Gasteiger partial charge in [-0.25, -0.2) is 0 Å². The molecule has 238 valence electrons. The van der Waals surface area contributed by atoms with Gasteiger partial charge < -0.3 is 24.6 Å². The van der Waals surface area contributed by atoms with Gasteiger partial charge in [0.1, 0.15) is 11.5 Å². The Labute approximate surface area is 270 Å². The number of rotatable bonds is 9. The van der Waals surface area contributed by atoms with Crippen LogP contribution in [0.25, 0.3) is 0 Å². The summed E-state index contributed by atoms with van der Waals surface area (Å²) < 4.78 is 17.7. The van der Waals surface area contributed by atoms with E-state index >= 15 is 0 Å². The van der Waals surface area contributed by atoms with Crippen LogP contribution in [0.15, 0.2) is 97.1 Å². The van der Waals surface area contributed by atoms with Crippen LogP contribution in [-0.4, -0.2) is 51.9 Å². The quantitative estimate of drug-likeness (QED) is 0.212. The number of nitrogens with zero attached hydrogens (tertiary/aromatic N) is 1. The van der Waals surface area contributed by atoms with Crippen LogP contribution in [0.2, 0.25) is 18.6 Å². The molecule has 6 rings (SSSR count). The van der Waals surface area contributed by atoms with Gasteiger partial charge in [-0.05, 0) is 78.7 Å². The fourth-order valence-electron chi connectivity index (χ4n) is 7.49. The summed E-state index contributed by atoms with van der Waals surface area (Å²) in [6.07, 6.45) is 0.0550. The molecule has 0 bridgehead atoms. The summed E-state index contributed by atoms with van der Waals surface area (Å²) in [7, 11) is 0.909. The molecule has 8 nitrogen and oxygen atoms in total. The third-order valence-corrected chi connectivity index (χ3v) is 14.1. The second kappa shape index (κ2) is 12.4. The summed E-state index contributed by atoms with van der Waals surface area (Å²) in [5, 5.41) is 14.5. The molecule has 4 atom stereocenters. The molecule has 0 aromatic heterocycles. The number of amides is 2. The number of fused-ring (bicyclic) bond motifs is 2. The topological polar surface area (TPSA) is 97.3 Å². The molecule has 2 heterocycles. The van der Waals surface area contributed by atoms with Crippen molar-refractivity contribution in [3.8, 4) is 11.5 Å². The molecular weight excluding hydrogens is 597 g/mol. The molecule has 0 aliphatic carbocycles. The molecule has 1 spiro atoms. The highest BCUT2D eigenvalue weighted by Gasteiger charge is 2.66. The summed E-state index contributed by atoms with van der Waals surface area (Å²) in [6.45, 7) is 6.67. The zero-order valence-corrected chi connectivity index (χ0v) is 27.8. The first kappa shape index (κ1) is 31.5. The van der Waals surface area contributed by atoms with E-state index in [0.717, 1.165) is 17.1 Å². The number of aliphatic hydroxyl groups is 1. The zero-order chi connectivity index (χ0) is 32.6. The predicted molar refractivity (Wildman–Crippen MR) is 182 cm³/mol. The molecular formula is C37H40N2O6Si. The van der Waals surface area contributed by atoms with Crippen LogP contribution in [0.5, 0.6) is 11.5 Å². The van der Waals surface area contributed by atoms with Gasteiger partial charge in [0.2, 0.25) is 0 Å². The molecule has 4 aromatic rings. The molecule has 4 aromatic carbocycles. The lowest BCUT2D eigenvalue weighted by Gasteiger charge is -2.37. The van der Waals surface area contributed by atoms with Crippen LogP contribution in [0.1, 0.15) is 29.3 Å². The number of aliphatic hydroxyl groups excluding tert-OH is 1. The Balaban J connectivity index is 1.45. The van der Waals surface area contributed by atoms with Crippen molar-refractivity contribution in [1.29, 1.82) is 0 Å². The average Bonchev–Trinajstić information content (AvgIpc) is 3.51. The van der Waals surface area contributed by atoms with Crippen LogP contribution in [0.3, 0.4) is 0 Å². The van der Waals surface area contributed by atoms with Crippen molar-refractivity contribution < 1.29 is 28.9 Å². The zero-order valence-electron chi connectivity index (χ0n) is 26.8. The van der Waals surface area contributed by atoms with Crippen molar-refractivity contribution in [3.63, 3.8) is 0 Å². The van der Waals surface area contributed by atoms with Gasteiger partial charge in [0.25, 0.3) is 11.8 Å². The SMILES string of the molecule is COc1ccc(C(=O)Nc2ccc3c(c2)[C@@]2(O[C@H](CCO)[C@@H]([Si](C)(C)c4ccc(OC)cc4)[C@@H]2C)C(=O)N3c2ccccc2)cc1. The molecule has 1 fully saturated rings. The number of hydrogen-bond acceptors (Lipinski definition) is 6. The highest BCUT2D eigenvalue weighted by molar-refractivity contribution is 6.91. The van der Waals surface area contributed by atoms with E-state index in [2.05, 4.69) is 37.5 Å². The van der Waals surface area contributed by atoms with Crippen molar-refractivity contribution >= 4 is 42.1 Å². The van der Waals surface area contributed by atoms with Gasteiger partial charge in [0.15, 0.2) is 5.60 Å². The highest BCUT2D eigenvalue weighted by atomic mass is 28.3. The van der Waals surface area contributed by atoms with Crippen LogP contribution in [0, 0.1) is 5.92 Å². The van der Waals surface area contributed by atoms with E-state index in [9.17, 15) is 14.7 Å². The summed E-state index contributed by atoms with van der Waals surface area (Å²) in [5.74, 6) is 0.779. The molecule has 0 saturated carbocycles. The summed E-state index contributed by atoms with van der Waals surface area (Å²) in [5.41, 5.74) is 1.91. The lowest BCUT2D eigenvalue weighted by atomic mass is 9.82. The number of para-hydroxylation sites is 1. The van der Waals surface area contributed by atoms with Crippen molar-refractivity contribution in [1.82, 2.24) is 0 Å². The van der Waals surface area contributed by atoms with E-state index in [0.29, 0.717) is 29.0 Å². The van der Waals surface area contributed by atoms with Crippen LogP contribution in [0.4, 0.5) is 17.1 Å². The first-order chi connectivity index (χ1) is 22.1. The molecule has 9 heteroatoms. The third-order valence-electron chi connectivity index (χ3n) is 9.78. The second-order valence-electron chi connectivity index (χ2n) is 12.6. The maximum atomic E-state index is 14.9. The number of ether oxygens (including phenoxy) is 3. The molecule has 0 radical (unpaired) electrons. The summed E-state index contributed by atoms with van der Waals surface area (Å²) >= 11 is 0. The summed E-state index contributed by atoms with van der Waals surface area (Å²) in [6, 6.07) is 30.3. The number of methoxy groups -OCH3 is 2. The molecule has 1 saturated heterocycles. The average molecular weight is 637 g/mol. The van der Waals surface area contributed by atoms with Crippen LogP contribution < -0.4 is 24.9 Å². The lowest BCUT2D eigenvalue weighted by Crippen LogP contribution is -2.51. The van der Waals surface area contributed by atoms with Crippen molar-refractivity contribution in [2.75, 3.05) is 31.0 Å². The van der Waals surface area contributed by atoms with Gasteiger partial charge >= 0.3 is 0 Å². The van der Waals surface area contributed by atoms with E-state index in [4.69, 9.17) is 14.2 Å². The fraction of sp³-hybridized carbons (Fsp3) is 0.297.